The van der Waals surface area contributed by atoms with Crippen molar-refractivity contribution in [2.75, 3.05) is 0 Å². The Morgan fingerprint density at radius 3 is 2.37 bits per heavy atom. The molecule has 0 fully saturated rings. The van der Waals surface area contributed by atoms with E-state index in [1.807, 2.05) is 23.5 Å². The van der Waals surface area contributed by atoms with E-state index in [0.717, 1.165) is 44.1 Å². The maximum Gasteiger partial charge on any atom is 0.147 e. The quantitative estimate of drug-likeness (QED) is 0.210. The number of aromatic nitrogens is 2. The number of nitrogens with zero attached hydrogens (tertiary/aromatic N) is 2. The Labute approximate surface area is 202 Å². The summed E-state index contributed by atoms with van der Waals surface area (Å²) in [6, 6.07) is 34.4. The van der Waals surface area contributed by atoms with E-state index in [0.29, 0.717) is 0 Å². The second kappa shape index (κ2) is 6.17. The number of thiophene rings is 1. The van der Waals surface area contributed by atoms with Crippen molar-refractivity contribution >= 4 is 91.8 Å². The van der Waals surface area contributed by atoms with Crippen LogP contribution >= 0.6 is 11.3 Å². The normalized spacial score (nSPS) is 12.6. The van der Waals surface area contributed by atoms with Crippen molar-refractivity contribution < 1.29 is 4.42 Å². The number of para-hydroxylation sites is 3. The molecule has 4 heterocycles. The van der Waals surface area contributed by atoms with Gasteiger partial charge in [0.1, 0.15) is 16.8 Å². The first-order valence-electron chi connectivity index (χ1n) is 11.7. The zero-order chi connectivity index (χ0) is 22.7. The molecule has 9 aromatic rings. The highest BCUT2D eigenvalue weighted by Crippen LogP contribution is 2.44. The second-order valence-corrected chi connectivity index (χ2v) is 10.2. The number of fused-ring (bicyclic) bond motifs is 15. The maximum atomic E-state index is 6.30. The van der Waals surface area contributed by atoms with Crippen LogP contribution in [0.25, 0.3) is 80.5 Å². The van der Waals surface area contributed by atoms with Gasteiger partial charge in [-0.25, -0.2) is 4.98 Å². The van der Waals surface area contributed by atoms with Crippen LogP contribution in [0.5, 0.6) is 0 Å². The molecule has 3 nitrogen and oxygen atoms in total. The molecule has 0 radical (unpaired) electrons. The summed E-state index contributed by atoms with van der Waals surface area (Å²) in [6.07, 6.45) is 0. The Kier molecular flexibility index (Phi) is 3.17. The van der Waals surface area contributed by atoms with E-state index in [1.165, 1.54) is 36.3 Å². The smallest absolute Gasteiger partial charge is 0.147 e. The van der Waals surface area contributed by atoms with E-state index < -0.39 is 0 Å². The molecule has 9 rings (SSSR count). The molecule has 0 saturated heterocycles. The SMILES string of the molecule is c1ccc2c(c1)nc1c3c(ccc4c5ccccc5sc43)c3cc4oc5ccccc5c4cc3n21. The first-order valence-corrected chi connectivity index (χ1v) is 12.5. The van der Waals surface area contributed by atoms with Crippen molar-refractivity contribution in [2.45, 2.75) is 0 Å². The molecule has 0 spiro atoms. The van der Waals surface area contributed by atoms with E-state index in [2.05, 4.69) is 89.3 Å². The van der Waals surface area contributed by atoms with Crippen molar-refractivity contribution in [3.05, 3.63) is 97.1 Å². The number of imidazole rings is 1. The summed E-state index contributed by atoms with van der Waals surface area (Å²) in [5.41, 5.74) is 6.14. The fourth-order valence-electron chi connectivity index (χ4n) is 5.83. The molecule has 35 heavy (non-hydrogen) atoms. The molecule has 0 amide bonds. The Morgan fingerprint density at radius 2 is 1.40 bits per heavy atom. The summed E-state index contributed by atoms with van der Waals surface area (Å²) in [7, 11) is 0. The van der Waals surface area contributed by atoms with Crippen LogP contribution in [0.4, 0.5) is 0 Å². The van der Waals surface area contributed by atoms with Crippen LogP contribution in [0.2, 0.25) is 0 Å². The topological polar surface area (TPSA) is 30.4 Å². The van der Waals surface area contributed by atoms with Gasteiger partial charge in [0.05, 0.1) is 16.6 Å². The van der Waals surface area contributed by atoms with Gasteiger partial charge in [0.2, 0.25) is 0 Å². The van der Waals surface area contributed by atoms with Crippen molar-refractivity contribution in [3.63, 3.8) is 0 Å². The van der Waals surface area contributed by atoms with E-state index in [9.17, 15) is 0 Å². The predicted molar refractivity (Wildman–Crippen MR) is 148 cm³/mol. The first-order chi connectivity index (χ1) is 17.3. The van der Waals surface area contributed by atoms with Crippen molar-refractivity contribution in [1.82, 2.24) is 9.38 Å². The van der Waals surface area contributed by atoms with Gasteiger partial charge in [-0.3, -0.25) is 4.40 Å². The molecule has 0 atom stereocenters. The summed E-state index contributed by atoms with van der Waals surface area (Å²) in [4.78, 5) is 5.19. The van der Waals surface area contributed by atoms with Crippen LogP contribution in [0.1, 0.15) is 0 Å². The third-order valence-electron chi connectivity index (χ3n) is 7.36. The standard InChI is InChI=1S/C31H16N2OS/c1-5-11-26-17(7-1)22-15-25-21(16-27(22)34-26)19-13-14-20-18-8-2-6-12-28(18)35-30(20)29(19)31-32-23-9-3-4-10-24(23)33(25)31/h1-16H. The third-order valence-corrected chi connectivity index (χ3v) is 8.56. The molecule has 0 aliphatic heterocycles. The third kappa shape index (κ3) is 2.18. The minimum atomic E-state index is 0.917. The van der Waals surface area contributed by atoms with E-state index in [1.54, 1.807) is 0 Å². The monoisotopic (exact) mass is 464 g/mol. The van der Waals surface area contributed by atoms with Crippen molar-refractivity contribution in [3.8, 4) is 0 Å². The molecule has 0 saturated carbocycles. The number of rotatable bonds is 0. The molecular weight excluding hydrogens is 448 g/mol. The van der Waals surface area contributed by atoms with Gasteiger partial charge in [-0.2, -0.15) is 0 Å². The summed E-state index contributed by atoms with van der Waals surface area (Å²) < 4.78 is 11.2. The van der Waals surface area contributed by atoms with Crippen LogP contribution in [-0.4, -0.2) is 9.38 Å². The minimum Gasteiger partial charge on any atom is -0.456 e. The van der Waals surface area contributed by atoms with Crippen LogP contribution in [0.3, 0.4) is 0 Å². The first kappa shape index (κ1) is 18.0. The lowest BCUT2D eigenvalue weighted by Gasteiger charge is -2.10. The number of hydrogen-bond acceptors (Lipinski definition) is 3. The number of furan rings is 1. The Bertz CT molecular complexity index is 2330. The molecule has 4 aromatic heterocycles. The van der Waals surface area contributed by atoms with Gasteiger partial charge >= 0.3 is 0 Å². The molecule has 5 aromatic carbocycles. The lowest BCUT2D eigenvalue weighted by molar-refractivity contribution is 0.669. The van der Waals surface area contributed by atoms with Crippen LogP contribution < -0.4 is 0 Å². The number of hydrogen-bond donors (Lipinski definition) is 0. The second-order valence-electron chi connectivity index (χ2n) is 9.19. The summed E-state index contributed by atoms with van der Waals surface area (Å²) >= 11 is 1.86. The largest absolute Gasteiger partial charge is 0.456 e. The highest BCUT2D eigenvalue weighted by molar-refractivity contribution is 7.26. The zero-order valence-electron chi connectivity index (χ0n) is 18.4. The summed E-state index contributed by atoms with van der Waals surface area (Å²) in [5.74, 6) is 0. The van der Waals surface area contributed by atoms with Gasteiger partial charge in [-0.05, 0) is 41.8 Å². The molecule has 0 aliphatic rings. The van der Waals surface area contributed by atoms with Gasteiger partial charge in [-0.1, -0.05) is 60.7 Å². The van der Waals surface area contributed by atoms with Gasteiger partial charge in [0.25, 0.3) is 0 Å². The fraction of sp³-hybridized carbons (Fsp3) is 0. The lowest BCUT2D eigenvalue weighted by Crippen LogP contribution is -1.92. The van der Waals surface area contributed by atoms with Crippen LogP contribution in [-0.2, 0) is 0 Å². The fourth-order valence-corrected chi connectivity index (χ4v) is 7.08. The van der Waals surface area contributed by atoms with Gasteiger partial charge in [-0.15, -0.1) is 11.3 Å². The van der Waals surface area contributed by atoms with Crippen molar-refractivity contribution in [2.24, 2.45) is 0 Å². The average molecular weight is 465 g/mol. The summed E-state index contributed by atoms with van der Waals surface area (Å²) in [5, 5.41) is 8.47. The summed E-state index contributed by atoms with van der Waals surface area (Å²) in [6.45, 7) is 0. The van der Waals surface area contributed by atoms with Gasteiger partial charge in [0.15, 0.2) is 0 Å². The van der Waals surface area contributed by atoms with E-state index in [4.69, 9.17) is 9.40 Å². The average Bonchev–Trinajstić information content (AvgIpc) is 3.58. The number of benzene rings is 5. The van der Waals surface area contributed by atoms with E-state index >= 15 is 0 Å². The van der Waals surface area contributed by atoms with E-state index in [-0.39, 0.29) is 0 Å². The highest BCUT2D eigenvalue weighted by Gasteiger charge is 2.19. The Balaban J connectivity index is 1.62. The number of pyridine rings is 1. The van der Waals surface area contributed by atoms with Gasteiger partial charge in [0, 0.05) is 41.7 Å². The lowest BCUT2D eigenvalue weighted by atomic mass is 10.0. The predicted octanol–water partition coefficient (Wildman–Crippen LogP) is 9.06. The zero-order valence-corrected chi connectivity index (χ0v) is 19.3. The molecule has 0 N–H and O–H groups in total. The Hall–Kier alpha value is -4.41. The molecule has 0 bridgehead atoms. The van der Waals surface area contributed by atoms with Crippen molar-refractivity contribution in [1.29, 1.82) is 0 Å². The molecule has 162 valence electrons. The van der Waals surface area contributed by atoms with Crippen LogP contribution in [0.15, 0.2) is 101 Å². The minimum absolute atomic E-state index is 0.917. The van der Waals surface area contributed by atoms with Gasteiger partial charge < -0.3 is 4.42 Å². The molecule has 0 unspecified atom stereocenters. The van der Waals surface area contributed by atoms with Crippen LogP contribution in [0, 0.1) is 0 Å². The molecular formula is C31H16N2OS. The molecule has 0 aliphatic carbocycles. The maximum absolute atomic E-state index is 6.30. The molecule has 4 heteroatoms. The Morgan fingerprint density at radius 1 is 0.600 bits per heavy atom. The highest BCUT2D eigenvalue weighted by atomic mass is 32.1.